The molecule has 1 unspecified atom stereocenters. The molecule has 0 aliphatic carbocycles. The number of aromatic nitrogens is 2. The van der Waals surface area contributed by atoms with Crippen LogP contribution in [-0.4, -0.2) is 66.2 Å². The molecule has 1 aromatic carbocycles. The largest absolute Gasteiger partial charge is 0.373 e. The van der Waals surface area contributed by atoms with Crippen LogP contribution in [0.25, 0.3) is 11.4 Å². The average Bonchev–Trinajstić information content (AvgIpc) is 2.67. The third kappa shape index (κ3) is 4.78. The minimum Gasteiger partial charge on any atom is -0.373 e. The maximum absolute atomic E-state index is 10.9. The first-order valence-electron chi connectivity index (χ1n) is 9.10. The fourth-order valence-electron chi connectivity index (χ4n) is 3.13. The number of benzene rings is 1. The Morgan fingerprint density at radius 1 is 1.30 bits per heavy atom. The summed E-state index contributed by atoms with van der Waals surface area (Å²) in [6.07, 6.45) is 0.928. The summed E-state index contributed by atoms with van der Waals surface area (Å²) >= 11 is 0. The third-order valence-electron chi connectivity index (χ3n) is 4.50. The third-order valence-corrected chi connectivity index (χ3v) is 4.50. The monoisotopic (exact) mass is 371 g/mol. The van der Waals surface area contributed by atoms with Crippen molar-refractivity contribution in [2.45, 2.75) is 19.4 Å². The van der Waals surface area contributed by atoms with Crippen LogP contribution in [0.1, 0.15) is 12.6 Å². The second-order valence-electron chi connectivity index (χ2n) is 6.90. The number of aryl methyl sites for hydroxylation is 1. The summed E-state index contributed by atoms with van der Waals surface area (Å²) in [7, 11) is 4.07. The van der Waals surface area contributed by atoms with Gasteiger partial charge in [0.1, 0.15) is 5.82 Å². The molecule has 1 aliphatic rings. The molecule has 1 aliphatic heterocycles. The number of nitro groups is 1. The van der Waals surface area contributed by atoms with Gasteiger partial charge in [-0.3, -0.25) is 10.1 Å². The van der Waals surface area contributed by atoms with Crippen LogP contribution in [0.3, 0.4) is 0 Å². The Kier molecular flexibility index (Phi) is 5.98. The Bertz CT molecular complexity index is 794. The average molecular weight is 371 g/mol. The lowest BCUT2D eigenvalue weighted by molar-refractivity contribution is -0.384. The summed E-state index contributed by atoms with van der Waals surface area (Å²) in [5, 5.41) is 10.9. The van der Waals surface area contributed by atoms with E-state index in [2.05, 4.69) is 21.7 Å². The highest BCUT2D eigenvalue weighted by atomic mass is 16.6. The van der Waals surface area contributed by atoms with Crippen molar-refractivity contribution in [1.82, 2.24) is 14.9 Å². The Balaban J connectivity index is 1.88. The Labute approximate surface area is 158 Å². The molecule has 8 nitrogen and oxygen atoms in total. The van der Waals surface area contributed by atoms with Gasteiger partial charge in [0.25, 0.3) is 5.69 Å². The Morgan fingerprint density at radius 2 is 2.04 bits per heavy atom. The second kappa shape index (κ2) is 8.41. The summed E-state index contributed by atoms with van der Waals surface area (Å²) in [5.74, 6) is 1.47. The van der Waals surface area contributed by atoms with E-state index >= 15 is 0 Å². The number of anilines is 1. The zero-order chi connectivity index (χ0) is 19.4. The summed E-state index contributed by atoms with van der Waals surface area (Å²) in [6, 6.07) is 8.39. The van der Waals surface area contributed by atoms with Crippen LogP contribution in [0.4, 0.5) is 11.5 Å². The molecule has 1 saturated heterocycles. The minimum absolute atomic E-state index is 0.0605. The molecule has 2 aromatic rings. The fourth-order valence-corrected chi connectivity index (χ4v) is 3.13. The molecule has 27 heavy (non-hydrogen) atoms. The zero-order valence-electron chi connectivity index (χ0n) is 16.0. The van der Waals surface area contributed by atoms with Gasteiger partial charge >= 0.3 is 0 Å². The van der Waals surface area contributed by atoms with Crippen molar-refractivity contribution in [2.24, 2.45) is 0 Å². The van der Waals surface area contributed by atoms with E-state index in [1.165, 1.54) is 12.1 Å². The van der Waals surface area contributed by atoms with Crippen LogP contribution in [-0.2, 0) is 11.2 Å². The lowest BCUT2D eigenvalue weighted by Crippen LogP contribution is -2.46. The van der Waals surface area contributed by atoms with Crippen molar-refractivity contribution < 1.29 is 9.66 Å². The maximum atomic E-state index is 10.9. The molecule has 3 rings (SSSR count). The topological polar surface area (TPSA) is 84.6 Å². The maximum Gasteiger partial charge on any atom is 0.269 e. The van der Waals surface area contributed by atoms with Gasteiger partial charge in [-0.15, -0.1) is 0 Å². The molecular formula is C19H25N5O3. The predicted molar refractivity (Wildman–Crippen MR) is 104 cm³/mol. The van der Waals surface area contributed by atoms with Gasteiger partial charge in [0.15, 0.2) is 5.82 Å². The van der Waals surface area contributed by atoms with E-state index in [0.717, 1.165) is 43.1 Å². The number of hydrogen-bond acceptors (Lipinski definition) is 7. The van der Waals surface area contributed by atoms with E-state index in [9.17, 15) is 10.1 Å². The normalized spacial score (nSPS) is 17.3. The van der Waals surface area contributed by atoms with Crippen molar-refractivity contribution >= 4 is 11.5 Å². The lowest BCUT2D eigenvalue weighted by Gasteiger charge is -2.35. The molecule has 144 valence electrons. The number of nitro benzene ring substituents is 1. The van der Waals surface area contributed by atoms with E-state index in [1.54, 1.807) is 12.1 Å². The summed E-state index contributed by atoms with van der Waals surface area (Å²) in [5.41, 5.74) is 1.78. The van der Waals surface area contributed by atoms with Crippen LogP contribution in [0.2, 0.25) is 0 Å². The molecule has 1 atom stereocenters. The number of ether oxygens (including phenoxy) is 1. The van der Waals surface area contributed by atoms with Crippen molar-refractivity contribution in [3.05, 3.63) is 46.1 Å². The van der Waals surface area contributed by atoms with Gasteiger partial charge in [-0.05, 0) is 32.6 Å². The Hall–Kier alpha value is -2.58. The minimum atomic E-state index is -0.406. The molecule has 0 bridgehead atoms. The second-order valence-corrected chi connectivity index (χ2v) is 6.90. The van der Waals surface area contributed by atoms with Crippen molar-refractivity contribution in [2.75, 3.05) is 45.2 Å². The highest BCUT2D eigenvalue weighted by Gasteiger charge is 2.23. The quantitative estimate of drug-likeness (QED) is 0.569. The van der Waals surface area contributed by atoms with Gasteiger partial charge in [-0.2, -0.15) is 0 Å². The first kappa shape index (κ1) is 19.2. The number of morpholine rings is 1. The van der Waals surface area contributed by atoms with Crippen LogP contribution >= 0.6 is 0 Å². The molecule has 0 N–H and O–H groups in total. The smallest absolute Gasteiger partial charge is 0.269 e. The number of non-ortho nitro benzene ring substituents is 1. The highest BCUT2D eigenvalue weighted by molar-refractivity contribution is 5.60. The summed E-state index contributed by atoms with van der Waals surface area (Å²) < 4.78 is 5.86. The zero-order valence-corrected chi connectivity index (χ0v) is 16.0. The molecule has 0 spiro atoms. The van der Waals surface area contributed by atoms with Gasteiger partial charge in [0.2, 0.25) is 0 Å². The molecule has 0 radical (unpaired) electrons. The predicted octanol–water partition coefficient (Wildman–Crippen LogP) is 2.38. The van der Waals surface area contributed by atoms with Crippen LogP contribution in [0.5, 0.6) is 0 Å². The van der Waals surface area contributed by atoms with Gasteiger partial charge in [-0.25, -0.2) is 9.97 Å². The highest BCUT2D eigenvalue weighted by Crippen LogP contribution is 2.24. The number of likely N-dealkylation sites (N-methyl/N-ethyl adjacent to an activating group) is 1. The van der Waals surface area contributed by atoms with Gasteiger partial charge < -0.3 is 14.5 Å². The van der Waals surface area contributed by atoms with E-state index < -0.39 is 4.92 Å². The Morgan fingerprint density at radius 3 is 2.67 bits per heavy atom. The van der Waals surface area contributed by atoms with Crippen molar-refractivity contribution in [1.29, 1.82) is 0 Å². The molecule has 2 heterocycles. The van der Waals surface area contributed by atoms with Crippen LogP contribution in [0.15, 0.2) is 30.3 Å². The first-order chi connectivity index (χ1) is 13.0. The lowest BCUT2D eigenvalue weighted by atomic mass is 10.1. The van der Waals surface area contributed by atoms with Gasteiger partial charge in [-0.1, -0.05) is 6.92 Å². The molecule has 8 heteroatoms. The van der Waals surface area contributed by atoms with Crippen molar-refractivity contribution in [3.8, 4) is 11.4 Å². The van der Waals surface area contributed by atoms with Gasteiger partial charge in [0, 0.05) is 49.1 Å². The number of hydrogen-bond donors (Lipinski definition) is 0. The van der Waals surface area contributed by atoms with E-state index in [1.807, 2.05) is 20.2 Å². The number of rotatable bonds is 6. The SMILES string of the molecule is CCc1cc(N2CCOC(CN(C)C)C2)nc(-c2ccc([N+](=O)[O-])cc2)n1. The molecule has 0 saturated carbocycles. The van der Waals surface area contributed by atoms with Crippen LogP contribution < -0.4 is 4.90 Å². The molecule has 0 amide bonds. The first-order valence-corrected chi connectivity index (χ1v) is 9.10. The van der Waals surface area contributed by atoms with Crippen molar-refractivity contribution in [3.63, 3.8) is 0 Å². The van der Waals surface area contributed by atoms with E-state index in [0.29, 0.717) is 12.4 Å². The molecule has 1 aromatic heterocycles. The fraction of sp³-hybridized carbons (Fsp3) is 0.474. The van der Waals surface area contributed by atoms with Crippen LogP contribution in [0, 0.1) is 10.1 Å². The summed E-state index contributed by atoms with van der Waals surface area (Å²) in [6.45, 7) is 5.13. The number of nitrogens with zero attached hydrogens (tertiary/aromatic N) is 5. The van der Waals surface area contributed by atoms with E-state index in [4.69, 9.17) is 9.72 Å². The summed E-state index contributed by atoms with van der Waals surface area (Å²) in [4.78, 5) is 24.2. The molecule has 1 fully saturated rings. The molecular weight excluding hydrogens is 346 g/mol. The standard InChI is InChI=1S/C19H25N5O3/c1-4-15-11-18(23-9-10-27-17(13-23)12-22(2)3)21-19(20-15)14-5-7-16(8-6-14)24(25)26/h5-8,11,17H,4,9-10,12-13H2,1-3H3. The van der Waals surface area contributed by atoms with E-state index in [-0.39, 0.29) is 11.8 Å². The van der Waals surface area contributed by atoms with Gasteiger partial charge in [0.05, 0.1) is 17.6 Å².